The van der Waals surface area contributed by atoms with E-state index in [9.17, 15) is 9.18 Å². The first-order chi connectivity index (χ1) is 9.08. The van der Waals surface area contributed by atoms with E-state index in [0.717, 1.165) is 30.8 Å². The van der Waals surface area contributed by atoms with Gasteiger partial charge in [-0.25, -0.2) is 4.39 Å². The maximum atomic E-state index is 12.8. The molecule has 3 nitrogen and oxygen atoms in total. The molecule has 1 aliphatic rings. The number of aromatic nitrogens is 1. The minimum absolute atomic E-state index is 0.00886. The monoisotopic (exact) mass is 282 g/mol. The molecule has 0 spiro atoms. The van der Waals surface area contributed by atoms with E-state index in [1.165, 1.54) is 12.1 Å². The minimum Gasteiger partial charge on any atom is -0.298 e. The van der Waals surface area contributed by atoms with Crippen molar-refractivity contribution in [1.82, 2.24) is 9.88 Å². The van der Waals surface area contributed by atoms with Crippen LogP contribution < -0.4 is 0 Å². The third-order valence-corrected chi connectivity index (χ3v) is 4.63. The summed E-state index contributed by atoms with van der Waals surface area (Å²) in [5.41, 5.74) is 0.355. The molecule has 2 atom stereocenters. The van der Waals surface area contributed by atoms with Crippen molar-refractivity contribution in [2.45, 2.75) is 19.9 Å². The second-order valence-corrected chi connectivity index (χ2v) is 6.20. The Hall–Kier alpha value is -0.940. The van der Waals surface area contributed by atoms with E-state index in [4.69, 9.17) is 0 Å². The van der Waals surface area contributed by atoms with E-state index in [1.807, 2.05) is 18.7 Å². The van der Waals surface area contributed by atoms with Crippen LogP contribution in [0.25, 0.3) is 0 Å². The number of hydrogen-bond acceptors (Lipinski definition) is 4. The molecule has 19 heavy (non-hydrogen) atoms. The van der Waals surface area contributed by atoms with Gasteiger partial charge in [-0.1, -0.05) is 6.92 Å². The lowest BCUT2D eigenvalue weighted by Gasteiger charge is -2.34. The van der Waals surface area contributed by atoms with Crippen LogP contribution in [0.1, 0.15) is 24.3 Å². The fourth-order valence-corrected chi connectivity index (χ4v) is 3.32. The summed E-state index contributed by atoms with van der Waals surface area (Å²) in [6.07, 6.45) is 1.10. The molecule has 1 aliphatic heterocycles. The van der Waals surface area contributed by atoms with Crippen molar-refractivity contribution in [3.63, 3.8) is 0 Å². The van der Waals surface area contributed by atoms with Gasteiger partial charge >= 0.3 is 0 Å². The molecule has 2 heterocycles. The third kappa shape index (κ3) is 3.76. The second-order valence-electron chi connectivity index (χ2n) is 5.05. The number of carbonyl (C=O) groups excluding carboxylic acids is 1. The molecule has 104 valence electrons. The van der Waals surface area contributed by atoms with Gasteiger partial charge in [0.15, 0.2) is 5.78 Å². The van der Waals surface area contributed by atoms with Gasteiger partial charge in [-0.15, -0.1) is 0 Å². The summed E-state index contributed by atoms with van der Waals surface area (Å²) in [4.78, 5) is 18.4. The Morgan fingerprint density at radius 3 is 3.05 bits per heavy atom. The number of ketones is 1. The van der Waals surface area contributed by atoms with Crippen LogP contribution in [-0.4, -0.2) is 46.3 Å². The average Bonchev–Trinajstić information content (AvgIpc) is 2.41. The van der Waals surface area contributed by atoms with Gasteiger partial charge in [-0.2, -0.15) is 11.8 Å². The van der Waals surface area contributed by atoms with E-state index in [2.05, 4.69) is 16.8 Å². The van der Waals surface area contributed by atoms with Gasteiger partial charge in [0.05, 0.1) is 6.20 Å². The molecule has 0 aromatic carbocycles. The summed E-state index contributed by atoms with van der Waals surface area (Å²) in [6.45, 7) is 5.89. The number of thioether (sulfide) groups is 1. The van der Waals surface area contributed by atoms with E-state index >= 15 is 0 Å². The highest BCUT2D eigenvalue weighted by Gasteiger charge is 2.24. The Morgan fingerprint density at radius 1 is 1.63 bits per heavy atom. The first-order valence-electron chi connectivity index (χ1n) is 6.55. The van der Waals surface area contributed by atoms with Crippen LogP contribution in [0, 0.1) is 11.7 Å². The summed E-state index contributed by atoms with van der Waals surface area (Å²) in [7, 11) is 0. The summed E-state index contributed by atoms with van der Waals surface area (Å²) >= 11 is 1.96. The predicted molar refractivity (Wildman–Crippen MR) is 76.0 cm³/mol. The van der Waals surface area contributed by atoms with Crippen LogP contribution in [0.15, 0.2) is 18.3 Å². The SMILES string of the molecule is CC(CN1CCSCC1C)C(=O)c1ccc(F)cn1. The molecule has 0 bridgehead atoms. The molecule has 0 radical (unpaired) electrons. The zero-order valence-electron chi connectivity index (χ0n) is 11.3. The van der Waals surface area contributed by atoms with Gasteiger partial charge in [0.25, 0.3) is 0 Å². The van der Waals surface area contributed by atoms with Crippen molar-refractivity contribution >= 4 is 17.5 Å². The lowest BCUT2D eigenvalue weighted by atomic mass is 10.0. The van der Waals surface area contributed by atoms with Crippen molar-refractivity contribution in [2.75, 3.05) is 24.6 Å². The number of carbonyl (C=O) groups is 1. The van der Waals surface area contributed by atoms with Gasteiger partial charge in [-0.05, 0) is 19.1 Å². The first-order valence-corrected chi connectivity index (χ1v) is 7.71. The Bertz CT molecular complexity index is 438. The molecule has 2 rings (SSSR count). The third-order valence-electron chi connectivity index (χ3n) is 3.44. The zero-order chi connectivity index (χ0) is 13.8. The van der Waals surface area contributed by atoms with Gasteiger partial charge < -0.3 is 0 Å². The number of nitrogens with zero attached hydrogens (tertiary/aromatic N) is 2. The molecule has 5 heteroatoms. The number of Topliss-reactive ketones (excluding diaryl/α,β-unsaturated/α-hetero) is 1. The van der Waals surface area contributed by atoms with Gasteiger partial charge in [0.1, 0.15) is 11.5 Å². The van der Waals surface area contributed by atoms with Crippen LogP contribution in [0.5, 0.6) is 0 Å². The van der Waals surface area contributed by atoms with Gasteiger partial charge in [0.2, 0.25) is 0 Å². The van der Waals surface area contributed by atoms with Crippen molar-refractivity contribution < 1.29 is 9.18 Å². The molecule has 0 amide bonds. The van der Waals surface area contributed by atoms with Crippen molar-refractivity contribution in [2.24, 2.45) is 5.92 Å². The van der Waals surface area contributed by atoms with E-state index < -0.39 is 5.82 Å². The molecular weight excluding hydrogens is 263 g/mol. The highest BCUT2D eigenvalue weighted by atomic mass is 32.2. The zero-order valence-corrected chi connectivity index (χ0v) is 12.1. The lowest BCUT2D eigenvalue weighted by Crippen LogP contribution is -2.43. The molecule has 2 unspecified atom stereocenters. The van der Waals surface area contributed by atoms with Crippen LogP contribution in [0.4, 0.5) is 4.39 Å². The molecule has 0 N–H and O–H groups in total. The molecule has 1 aromatic rings. The van der Waals surface area contributed by atoms with Crippen LogP contribution >= 0.6 is 11.8 Å². The quantitative estimate of drug-likeness (QED) is 0.794. The van der Waals surface area contributed by atoms with Gasteiger partial charge in [-0.3, -0.25) is 14.7 Å². The van der Waals surface area contributed by atoms with Crippen LogP contribution in [0.3, 0.4) is 0 Å². The largest absolute Gasteiger partial charge is 0.298 e. The summed E-state index contributed by atoms with van der Waals surface area (Å²) in [6, 6.07) is 3.26. The van der Waals surface area contributed by atoms with Crippen molar-refractivity contribution in [1.29, 1.82) is 0 Å². The maximum absolute atomic E-state index is 12.8. The van der Waals surface area contributed by atoms with E-state index in [1.54, 1.807) is 0 Å². The molecule has 1 aromatic heterocycles. The first kappa shape index (κ1) is 14.5. The summed E-state index contributed by atoms with van der Waals surface area (Å²) < 4.78 is 12.8. The second kappa shape index (κ2) is 6.48. The predicted octanol–water partition coefficient (Wildman–Crippen LogP) is 2.48. The fraction of sp³-hybridized carbons (Fsp3) is 0.571. The highest BCUT2D eigenvalue weighted by Crippen LogP contribution is 2.18. The smallest absolute Gasteiger partial charge is 0.185 e. The number of rotatable bonds is 4. The Morgan fingerprint density at radius 2 is 2.42 bits per heavy atom. The highest BCUT2D eigenvalue weighted by molar-refractivity contribution is 7.99. The number of pyridine rings is 1. The Labute approximate surface area is 117 Å². The summed E-state index contributed by atoms with van der Waals surface area (Å²) in [5.74, 6) is 1.72. The average molecular weight is 282 g/mol. The van der Waals surface area contributed by atoms with E-state index in [-0.39, 0.29) is 11.7 Å². The standard InChI is InChI=1S/C14H19FN2OS/c1-10(8-17-5-6-19-9-11(17)2)14(18)13-4-3-12(15)7-16-13/h3-4,7,10-11H,5-6,8-9H2,1-2H3. The maximum Gasteiger partial charge on any atom is 0.185 e. The minimum atomic E-state index is -0.411. The number of hydrogen-bond donors (Lipinski definition) is 0. The molecular formula is C14H19FN2OS. The summed E-state index contributed by atoms with van der Waals surface area (Å²) in [5, 5.41) is 0. The van der Waals surface area contributed by atoms with Crippen LogP contribution in [-0.2, 0) is 0 Å². The Balaban J connectivity index is 1.97. The lowest BCUT2D eigenvalue weighted by molar-refractivity contribution is 0.0876. The number of halogens is 1. The van der Waals surface area contributed by atoms with Crippen molar-refractivity contribution in [3.8, 4) is 0 Å². The normalized spacial score (nSPS) is 22.2. The molecule has 1 saturated heterocycles. The molecule has 0 aliphatic carbocycles. The molecule has 0 saturated carbocycles. The topological polar surface area (TPSA) is 33.2 Å². The van der Waals surface area contributed by atoms with Crippen LogP contribution in [0.2, 0.25) is 0 Å². The molecule has 1 fully saturated rings. The van der Waals surface area contributed by atoms with Crippen molar-refractivity contribution in [3.05, 3.63) is 29.8 Å². The fourth-order valence-electron chi connectivity index (χ4n) is 2.24. The Kier molecular flexibility index (Phi) is 4.93. The van der Waals surface area contributed by atoms with Gasteiger partial charge in [0, 0.05) is 36.6 Å². The van der Waals surface area contributed by atoms with E-state index in [0.29, 0.717) is 11.7 Å².